The van der Waals surface area contributed by atoms with Crippen molar-refractivity contribution in [1.29, 1.82) is 0 Å². The zero-order valence-corrected chi connectivity index (χ0v) is 10.5. The van der Waals surface area contributed by atoms with Gasteiger partial charge in [0.15, 0.2) is 0 Å². The Hall–Kier alpha value is -0.870. The maximum Gasteiger partial charge on any atom is 0.0647 e. The van der Waals surface area contributed by atoms with E-state index < -0.39 is 0 Å². The molecule has 1 fully saturated rings. The second kappa shape index (κ2) is 4.97. The van der Waals surface area contributed by atoms with Crippen LogP contribution in [0.4, 0.5) is 0 Å². The summed E-state index contributed by atoms with van der Waals surface area (Å²) in [5.74, 6) is 0. The first kappa shape index (κ1) is 11.6. The van der Waals surface area contributed by atoms with Gasteiger partial charge in [-0.3, -0.25) is 4.68 Å². The summed E-state index contributed by atoms with van der Waals surface area (Å²) in [7, 11) is 1.98. The topological polar surface area (TPSA) is 41.9 Å². The third-order valence-corrected chi connectivity index (χ3v) is 3.45. The van der Waals surface area contributed by atoms with Crippen LogP contribution in [-0.4, -0.2) is 29.9 Å². The lowest BCUT2D eigenvalue weighted by atomic mass is 10.1. The van der Waals surface area contributed by atoms with E-state index in [1.165, 1.54) is 24.1 Å². The molecular formula is C12H22N4. The van der Waals surface area contributed by atoms with Gasteiger partial charge in [0.2, 0.25) is 0 Å². The summed E-state index contributed by atoms with van der Waals surface area (Å²) >= 11 is 0. The maximum absolute atomic E-state index is 4.69. The Balaban J connectivity index is 2.23. The largest absolute Gasteiger partial charge is 0.316 e. The van der Waals surface area contributed by atoms with E-state index in [4.69, 9.17) is 0 Å². The van der Waals surface area contributed by atoms with Crippen molar-refractivity contribution in [1.82, 2.24) is 20.4 Å². The Labute approximate surface area is 97.4 Å². The summed E-state index contributed by atoms with van der Waals surface area (Å²) in [6.45, 7) is 7.41. The van der Waals surface area contributed by atoms with Gasteiger partial charge in [0, 0.05) is 24.3 Å². The van der Waals surface area contributed by atoms with E-state index >= 15 is 0 Å². The van der Waals surface area contributed by atoms with Crippen LogP contribution >= 0.6 is 0 Å². The molecule has 1 aromatic heterocycles. The minimum Gasteiger partial charge on any atom is -0.316 e. The number of aromatic nitrogens is 2. The van der Waals surface area contributed by atoms with Gasteiger partial charge in [0.25, 0.3) is 0 Å². The molecule has 4 nitrogen and oxygen atoms in total. The number of rotatable bonds is 3. The van der Waals surface area contributed by atoms with Gasteiger partial charge in [-0.15, -0.1) is 0 Å². The monoisotopic (exact) mass is 222 g/mol. The first-order valence-electron chi connectivity index (χ1n) is 6.14. The molecule has 0 aliphatic carbocycles. The summed E-state index contributed by atoms with van der Waals surface area (Å²) in [6, 6.07) is 0.540. The molecule has 0 saturated carbocycles. The molecule has 1 saturated heterocycles. The second-order valence-electron chi connectivity index (χ2n) is 4.62. The SMILES string of the molecule is CNCc1c(C)nn(C2CCCNC2)c1C. The summed E-state index contributed by atoms with van der Waals surface area (Å²) in [6.07, 6.45) is 2.50. The van der Waals surface area contributed by atoms with Gasteiger partial charge in [-0.25, -0.2) is 0 Å². The third kappa shape index (κ3) is 2.13. The lowest BCUT2D eigenvalue weighted by Gasteiger charge is -2.24. The van der Waals surface area contributed by atoms with Crippen molar-refractivity contribution >= 4 is 0 Å². The molecule has 0 bridgehead atoms. The first-order valence-corrected chi connectivity index (χ1v) is 6.14. The van der Waals surface area contributed by atoms with Crippen LogP contribution in [0.25, 0.3) is 0 Å². The lowest BCUT2D eigenvalue weighted by molar-refractivity contribution is 0.341. The average Bonchev–Trinajstić information content (AvgIpc) is 2.59. The second-order valence-corrected chi connectivity index (χ2v) is 4.62. The van der Waals surface area contributed by atoms with Gasteiger partial charge in [-0.2, -0.15) is 5.10 Å². The zero-order chi connectivity index (χ0) is 11.5. The van der Waals surface area contributed by atoms with Crippen LogP contribution in [0.2, 0.25) is 0 Å². The van der Waals surface area contributed by atoms with Crippen LogP contribution in [0.3, 0.4) is 0 Å². The number of nitrogens with zero attached hydrogens (tertiary/aromatic N) is 2. The van der Waals surface area contributed by atoms with Crippen LogP contribution in [0.5, 0.6) is 0 Å². The number of aryl methyl sites for hydroxylation is 1. The number of piperidine rings is 1. The van der Waals surface area contributed by atoms with E-state index in [2.05, 4.69) is 34.3 Å². The summed E-state index contributed by atoms with van der Waals surface area (Å²) in [5, 5.41) is 11.3. The van der Waals surface area contributed by atoms with E-state index in [0.29, 0.717) is 6.04 Å². The normalized spacial score (nSPS) is 21.3. The Morgan fingerprint density at radius 1 is 1.50 bits per heavy atom. The number of nitrogens with one attached hydrogen (secondary N) is 2. The lowest BCUT2D eigenvalue weighted by Crippen LogP contribution is -2.32. The van der Waals surface area contributed by atoms with Crippen molar-refractivity contribution in [3.63, 3.8) is 0 Å². The van der Waals surface area contributed by atoms with Crippen LogP contribution in [-0.2, 0) is 6.54 Å². The van der Waals surface area contributed by atoms with Crippen LogP contribution in [0, 0.1) is 13.8 Å². The first-order chi connectivity index (χ1) is 7.74. The molecule has 1 aromatic rings. The van der Waals surface area contributed by atoms with Crippen LogP contribution in [0.15, 0.2) is 0 Å². The van der Waals surface area contributed by atoms with Gasteiger partial charge < -0.3 is 10.6 Å². The molecule has 0 radical (unpaired) electrons. The highest BCUT2D eigenvalue weighted by atomic mass is 15.3. The van der Waals surface area contributed by atoms with Crippen LogP contribution < -0.4 is 10.6 Å². The van der Waals surface area contributed by atoms with Crippen molar-refractivity contribution in [3.05, 3.63) is 17.0 Å². The van der Waals surface area contributed by atoms with Gasteiger partial charge in [0.1, 0.15) is 0 Å². The van der Waals surface area contributed by atoms with Gasteiger partial charge in [-0.1, -0.05) is 0 Å². The third-order valence-electron chi connectivity index (χ3n) is 3.45. The predicted octanol–water partition coefficient (Wildman–Crippen LogP) is 1.14. The Morgan fingerprint density at radius 3 is 2.94 bits per heavy atom. The number of hydrogen-bond donors (Lipinski definition) is 2. The Bertz CT molecular complexity index is 350. The molecular weight excluding hydrogens is 200 g/mol. The molecule has 2 heterocycles. The van der Waals surface area contributed by atoms with E-state index in [1.807, 2.05) is 7.05 Å². The predicted molar refractivity (Wildman–Crippen MR) is 65.6 cm³/mol. The van der Waals surface area contributed by atoms with E-state index in [9.17, 15) is 0 Å². The molecule has 0 amide bonds. The minimum absolute atomic E-state index is 0.540. The van der Waals surface area contributed by atoms with Gasteiger partial charge >= 0.3 is 0 Å². The quantitative estimate of drug-likeness (QED) is 0.806. The summed E-state index contributed by atoms with van der Waals surface area (Å²) in [5.41, 5.74) is 3.84. The van der Waals surface area contributed by atoms with Crippen molar-refractivity contribution in [2.45, 2.75) is 39.3 Å². The van der Waals surface area contributed by atoms with Crippen molar-refractivity contribution < 1.29 is 0 Å². The Kier molecular flexibility index (Phi) is 3.61. The molecule has 1 aliphatic heterocycles. The highest BCUT2D eigenvalue weighted by molar-refractivity contribution is 5.24. The molecule has 2 rings (SSSR count). The molecule has 1 aliphatic rings. The fraction of sp³-hybridized carbons (Fsp3) is 0.750. The molecule has 1 unspecified atom stereocenters. The van der Waals surface area contributed by atoms with E-state index in [0.717, 1.165) is 25.3 Å². The standard InChI is InChI=1S/C12H22N4/c1-9-12(8-13-3)10(2)16(15-9)11-5-4-6-14-7-11/h11,13-14H,4-8H2,1-3H3. The molecule has 0 spiro atoms. The molecule has 1 atom stereocenters. The van der Waals surface area contributed by atoms with Crippen molar-refractivity contribution in [2.75, 3.05) is 20.1 Å². The molecule has 0 aromatic carbocycles. The van der Waals surface area contributed by atoms with E-state index in [-0.39, 0.29) is 0 Å². The fourth-order valence-corrected chi connectivity index (χ4v) is 2.53. The van der Waals surface area contributed by atoms with Crippen LogP contribution in [0.1, 0.15) is 35.8 Å². The average molecular weight is 222 g/mol. The van der Waals surface area contributed by atoms with E-state index in [1.54, 1.807) is 0 Å². The van der Waals surface area contributed by atoms with Crippen molar-refractivity contribution in [2.24, 2.45) is 0 Å². The molecule has 16 heavy (non-hydrogen) atoms. The Morgan fingerprint density at radius 2 is 2.31 bits per heavy atom. The molecule has 4 heteroatoms. The molecule has 90 valence electrons. The highest BCUT2D eigenvalue weighted by Gasteiger charge is 2.20. The van der Waals surface area contributed by atoms with Gasteiger partial charge in [0.05, 0.1) is 11.7 Å². The minimum atomic E-state index is 0.540. The molecule has 2 N–H and O–H groups in total. The maximum atomic E-state index is 4.69. The van der Waals surface area contributed by atoms with Gasteiger partial charge in [-0.05, 0) is 40.3 Å². The summed E-state index contributed by atoms with van der Waals surface area (Å²) < 4.78 is 2.22. The zero-order valence-electron chi connectivity index (χ0n) is 10.5. The summed E-state index contributed by atoms with van der Waals surface area (Å²) in [4.78, 5) is 0. The fourth-order valence-electron chi connectivity index (χ4n) is 2.53. The number of hydrogen-bond acceptors (Lipinski definition) is 3. The highest BCUT2D eigenvalue weighted by Crippen LogP contribution is 2.21. The van der Waals surface area contributed by atoms with Crippen molar-refractivity contribution in [3.8, 4) is 0 Å². The smallest absolute Gasteiger partial charge is 0.0647 e.